The Kier molecular flexibility index (Phi) is 6.71. The Morgan fingerprint density at radius 1 is 1.28 bits per heavy atom. The number of anilines is 1. The fraction of sp³-hybridized carbons (Fsp3) is 0.500. The van der Waals surface area contributed by atoms with Crippen LogP contribution < -0.4 is 10.2 Å². The lowest BCUT2D eigenvalue weighted by Gasteiger charge is -2.43. The van der Waals surface area contributed by atoms with E-state index in [2.05, 4.69) is 24.3 Å². The van der Waals surface area contributed by atoms with Crippen molar-refractivity contribution >= 4 is 23.5 Å². The summed E-state index contributed by atoms with van der Waals surface area (Å²) in [6, 6.07) is 7.13. The van der Waals surface area contributed by atoms with Gasteiger partial charge >= 0.3 is 5.97 Å². The van der Waals surface area contributed by atoms with Crippen molar-refractivity contribution in [3.63, 3.8) is 0 Å². The Hall–Kier alpha value is -3.16. The highest BCUT2D eigenvalue weighted by Crippen LogP contribution is 2.35. The van der Waals surface area contributed by atoms with Crippen LogP contribution in [0.2, 0.25) is 0 Å². The highest BCUT2D eigenvalue weighted by atomic mass is 16.5. The average Bonchev–Trinajstić information content (AvgIpc) is 3.15. The van der Waals surface area contributed by atoms with Crippen molar-refractivity contribution in [3.05, 3.63) is 46.8 Å². The van der Waals surface area contributed by atoms with Crippen LogP contribution in [0.5, 0.6) is 0 Å². The van der Waals surface area contributed by atoms with Crippen LogP contribution in [0.15, 0.2) is 24.3 Å². The molecule has 0 radical (unpaired) electrons. The number of carbonyl (C=O) groups excluding carboxylic acids is 3. The number of hydrogen-bond acceptors (Lipinski definition) is 5. The number of amides is 2. The summed E-state index contributed by atoms with van der Waals surface area (Å²) in [7, 11) is 0. The zero-order valence-corrected chi connectivity index (χ0v) is 19.7. The molecular weight excluding hydrogens is 408 g/mol. The summed E-state index contributed by atoms with van der Waals surface area (Å²) in [6.07, 6.45) is 0.833. The minimum Gasteiger partial charge on any atom is -0.461 e. The van der Waals surface area contributed by atoms with E-state index in [9.17, 15) is 14.4 Å². The third-order valence-corrected chi connectivity index (χ3v) is 5.95. The maximum absolute atomic E-state index is 13.7. The molecule has 1 atom stereocenters. The van der Waals surface area contributed by atoms with Gasteiger partial charge in [-0.3, -0.25) is 19.2 Å². The first kappa shape index (κ1) is 23.5. The largest absolute Gasteiger partial charge is 0.461 e. The second-order valence-electron chi connectivity index (χ2n) is 8.86. The second-order valence-corrected chi connectivity index (χ2v) is 8.86. The lowest BCUT2D eigenvalue weighted by atomic mass is 9.92. The molecule has 8 nitrogen and oxygen atoms in total. The molecule has 0 spiro atoms. The highest BCUT2D eigenvalue weighted by molar-refractivity contribution is 6.12. The van der Waals surface area contributed by atoms with Crippen LogP contribution in [0.3, 0.4) is 0 Å². The van der Waals surface area contributed by atoms with Crippen molar-refractivity contribution in [3.8, 4) is 0 Å². The zero-order valence-electron chi connectivity index (χ0n) is 19.7. The zero-order chi connectivity index (χ0) is 23.6. The fourth-order valence-electron chi connectivity index (χ4n) is 3.91. The van der Waals surface area contributed by atoms with E-state index in [1.807, 2.05) is 32.0 Å². The first-order valence-corrected chi connectivity index (χ1v) is 11.0. The van der Waals surface area contributed by atoms with Gasteiger partial charge in [-0.05, 0) is 57.2 Å². The molecule has 2 aromatic rings. The third kappa shape index (κ3) is 4.26. The van der Waals surface area contributed by atoms with Gasteiger partial charge in [-0.15, -0.1) is 0 Å². The van der Waals surface area contributed by atoms with Crippen LogP contribution in [0.25, 0.3) is 0 Å². The monoisotopic (exact) mass is 440 g/mol. The van der Waals surface area contributed by atoms with E-state index in [1.165, 1.54) is 10.7 Å². The molecule has 0 unspecified atom stereocenters. The van der Waals surface area contributed by atoms with Crippen molar-refractivity contribution in [1.29, 1.82) is 0 Å². The molecule has 0 fully saturated rings. The van der Waals surface area contributed by atoms with Gasteiger partial charge in [-0.25, -0.2) is 4.79 Å². The molecule has 0 saturated heterocycles. The lowest BCUT2D eigenvalue weighted by molar-refractivity contribution is -0.126. The van der Waals surface area contributed by atoms with Gasteiger partial charge < -0.3 is 10.1 Å². The number of carbonyl (C=O) groups is 3. The standard InChI is InChI=1S/C24H32N4O4/c1-7-32-22(30)18-13-20-21(29)28(19-10-8-9-16(4)17(19)5)24(6,14-27(20)26-18)23(31)25-12-11-15(2)3/h8-10,13,15H,7,11-12,14H2,1-6H3,(H,25,31)/t24-/m1/s1. The number of fused-ring (bicyclic) bond motifs is 1. The van der Waals surface area contributed by atoms with Gasteiger partial charge in [0.15, 0.2) is 5.69 Å². The molecule has 2 amide bonds. The van der Waals surface area contributed by atoms with Gasteiger partial charge in [-0.2, -0.15) is 5.10 Å². The summed E-state index contributed by atoms with van der Waals surface area (Å²) in [6.45, 7) is 12.4. The van der Waals surface area contributed by atoms with Gasteiger partial charge in [0.05, 0.1) is 13.2 Å². The fourth-order valence-corrected chi connectivity index (χ4v) is 3.91. The van der Waals surface area contributed by atoms with E-state index in [-0.39, 0.29) is 36.4 Å². The minimum absolute atomic E-state index is 0.0561. The van der Waals surface area contributed by atoms with Crippen molar-refractivity contribution in [2.24, 2.45) is 5.92 Å². The minimum atomic E-state index is -1.22. The average molecular weight is 441 g/mol. The Bertz CT molecular complexity index is 1040. The van der Waals surface area contributed by atoms with Crippen LogP contribution >= 0.6 is 0 Å². The third-order valence-electron chi connectivity index (χ3n) is 5.95. The van der Waals surface area contributed by atoms with Gasteiger partial charge in [0, 0.05) is 18.3 Å². The molecule has 1 N–H and O–H groups in total. The maximum Gasteiger partial charge on any atom is 0.358 e. The molecule has 3 rings (SSSR count). The Morgan fingerprint density at radius 2 is 2.00 bits per heavy atom. The number of rotatable bonds is 7. The number of esters is 1. The molecular formula is C24H32N4O4. The van der Waals surface area contributed by atoms with Gasteiger partial charge in [0.2, 0.25) is 5.91 Å². The molecule has 0 bridgehead atoms. The van der Waals surface area contributed by atoms with E-state index in [4.69, 9.17) is 4.74 Å². The topological polar surface area (TPSA) is 93.5 Å². The predicted molar refractivity (Wildman–Crippen MR) is 122 cm³/mol. The normalized spacial score (nSPS) is 18.0. The van der Waals surface area contributed by atoms with Gasteiger partial charge in [-0.1, -0.05) is 26.0 Å². The first-order valence-electron chi connectivity index (χ1n) is 11.0. The van der Waals surface area contributed by atoms with Crippen LogP contribution in [0, 0.1) is 19.8 Å². The van der Waals surface area contributed by atoms with Gasteiger partial charge in [0.25, 0.3) is 5.91 Å². The number of hydrogen-bond donors (Lipinski definition) is 1. The van der Waals surface area contributed by atoms with Crippen LogP contribution in [0.1, 0.15) is 66.2 Å². The summed E-state index contributed by atoms with van der Waals surface area (Å²) < 4.78 is 6.49. The van der Waals surface area contributed by atoms with Crippen LogP contribution in [-0.4, -0.2) is 46.3 Å². The van der Waals surface area contributed by atoms with Crippen molar-refractivity contribution in [2.75, 3.05) is 18.1 Å². The van der Waals surface area contributed by atoms with Crippen molar-refractivity contribution in [1.82, 2.24) is 15.1 Å². The Morgan fingerprint density at radius 3 is 2.66 bits per heavy atom. The van der Waals surface area contributed by atoms with E-state index in [0.29, 0.717) is 18.2 Å². The van der Waals surface area contributed by atoms with Crippen molar-refractivity contribution < 1.29 is 19.1 Å². The number of aromatic nitrogens is 2. The number of nitrogens with zero attached hydrogens (tertiary/aromatic N) is 3. The summed E-state index contributed by atoms with van der Waals surface area (Å²) >= 11 is 0. The SMILES string of the molecule is CCOC(=O)c1cc2n(n1)C[C@](C)(C(=O)NCCC(C)C)N(c1cccc(C)c1C)C2=O. The lowest BCUT2D eigenvalue weighted by Crippen LogP contribution is -2.64. The smallest absolute Gasteiger partial charge is 0.358 e. The quantitative estimate of drug-likeness (QED) is 0.667. The number of benzene rings is 1. The molecule has 1 aliphatic heterocycles. The number of ether oxygens (including phenoxy) is 1. The number of nitrogens with one attached hydrogen (secondary N) is 1. The number of aryl methyl sites for hydroxylation is 1. The second kappa shape index (κ2) is 9.14. The van der Waals surface area contributed by atoms with E-state index in [1.54, 1.807) is 18.7 Å². The van der Waals surface area contributed by atoms with Gasteiger partial charge in [0.1, 0.15) is 11.2 Å². The van der Waals surface area contributed by atoms with Crippen LogP contribution in [0.4, 0.5) is 5.69 Å². The highest BCUT2D eigenvalue weighted by Gasteiger charge is 2.49. The summed E-state index contributed by atoms with van der Waals surface area (Å²) in [5.41, 5.74) is 1.69. The first-order chi connectivity index (χ1) is 15.1. The summed E-state index contributed by atoms with van der Waals surface area (Å²) in [5.74, 6) is -0.791. The molecule has 1 aromatic heterocycles. The predicted octanol–water partition coefficient (Wildman–Crippen LogP) is 3.26. The molecule has 172 valence electrons. The summed E-state index contributed by atoms with van der Waals surface area (Å²) in [5, 5.41) is 7.28. The maximum atomic E-state index is 13.7. The Labute approximate surface area is 188 Å². The molecule has 0 aliphatic carbocycles. The molecule has 2 heterocycles. The molecule has 32 heavy (non-hydrogen) atoms. The Balaban J connectivity index is 2.08. The molecule has 0 saturated carbocycles. The molecule has 1 aliphatic rings. The molecule has 8 heteroatoms. The molecule has 1 aromatic carbocycles. The van der Waals surface area contributed by atoms with E-state index >= 15 is 0 Å². The van der Waals surface area contributed by atoms with Crippen molar-refractivity contribution in [2.45, 2.75) is 60.0 Å². The van der Waals surface area contributed by atoms with Crippen LogP contribution in [-0.2, 0) is 16.1 Å². The van der Waals surface area contributed by atoms with E-state index < -0.39 is 11.5 Å². The summed E-state index contributed by atoms with van der Waals surface area (Å²) in [4.78, 5) is 40.9. The van der Waals surface area contributed by atoms with E-state index in [0.717, 1.165) is 17.5 Å².